The highest BCUT2D eigenvalue weighted by Gasteiger charge is 2.13. The molecule has 4 nitrogen and oxygen atoms in total. The SMILES string of the molecule is Cc1ccc(C(=O)N(C)Cc2cc(C#CCO)cs2)cn1. The minimum Gasteiger partial charge on any atom is -0.384 e. The number of nitrogens with zero attached hydrogens (tertiary/aromatic N) is 2. The highest BCUT2D eigenvalue weighted by molar-refractivity contribution is 7.10. The van der Waals surface area contributed by atoms with Gasteiger partial charge in [0.25, 0.3) is 5.91 Å². The molecule has 0 aliphatic heterocycles. The lowest BCUT2D eigenvalue weighted by Gasteiger charge is -2.16. The van der Waals surface area contributed by atoms with Crippen LogP contribution in [-0.4, -0.2) is 34.6 Å². The van der Waals surface area contributed by atoms with Gasteiger partial charge in [-0.05, 0) is 25.1 Å². The van der Waals surface area contributed by atoms with Gasteiger partial charge in [-0.1, -0.05) is 11.8 Å². The molecule has 0 atom stereocenters. The molecular formula is C16H16N2O2S. The van der Waals surface area contributed by atoms with Crippen molar-refractivity contribution < 1.29 is 9.90 Å². The summed E-state index contributed by atoms with van der Waals surface area (Å²) in [5, 5.41) is 10.6. The Kier molecular flexibility index (Phi) is 5.09. The van der Waals surface area contributed by atoms with Crippen LogP contribution in [0.3, 0.4) is 0 Å². The van der Waals surface area contributed by atoms with Crippen LogP contribution >= 0.6 is 11.3 Å². The third-order valence-corrected chi connectivity index (χ3v) is 3.79. The largest absolute Gasteiger partial charge is 0.384 e. The van der Waals surface area contributed by atoms with Crippen LogP contribution in [0.25, 0.3) is 0 Å². The summed E-state index contributed by atoms with van der Waals surface area (Å²) in [6.45, 7) is 2.26. The fourth-order valence-corrected chi connectivity index (χ4v) is 2.66. The summed E-state index contributed by atoms with van der Waals surface area (Å²) in [5.41, 5.74) is 2.33. The van der Waals surface area contributed by atoms with Crippen LogP contribution in [0.4, 0.5) is 0 Å². The molecule has 1 amide bonds. The van der Waals surface area contributed by atoms with Crippen LogP contribution in [0.5, 0.6) is 0 Å². The molecule has 2 heterocycles. The maximum Gasteiger partial charge on any atom is 0.255 e. The number of rotatable bonds is 3. The average Bonchev–Trinajstić information content (AvgIpc) is 2.92. The van der Waals surface area contributed by atoms with Crippen LogP contribution in [0.15, 0.2) is 29.8 Å². The Bertz CT molecular complexity index is 680. The van der Waals surface area contributed by atoms with Crippen molar-refractivity contribution >= 4 is 17.2 Å². The number of hydrogen-bond donors (Lipinski definition) is 1. The van der Waals surface area contributed by atoms with E-state index in [-0.39, 0.29) is 12.5 Å². The lowest BCUT2D eigenvalue weighted by Crippen LogP contribution is -2.25. The summed E-state index contributed by atoms with van der Waals surface area (Å²) < 4.78 is 0. The van der Waals surface area contributed by atoms with Crippen molar-refractivity contribution in [2.24, 2.45) is 0 Å². The van der Waals surface area contributed by atoms with E-state index < -0.39 is 0 Å². The molecule has 108 valence electrons. The minimum atomic E-state index is -0.149. The lowest BCUT2D eigenvalue weighted by atomic mass is 10.2. The minimum absolute atomic E-state index is 0.0566. The Morgan fingerprint density at radius 1 is 1.48 bits per heavy atom. The first-order valence-electron chi connectivity index (χ1n) is 6.45. The molecule has 5 heteroatoms. The van der Waals surface area contributed by atoms with E-state index in [0.29, 0.717) is 12.1 Å². The third kappa shape index (κ3) is 4.15. The number of amides is 1. The van der Waals surface area contributed by atoms with Gasteiger partial charge in [0.05, 0.1) is 12.1 Å². The summed E-state index contributed by atoms with van der Waals surface area (Å²) in [7, 11) is 1.76. The summed E-state index contributed by atoms with van der Waals surface area (Å²) in [6, 6.07) is 5.55. The second-order valence-corrected chi connectivity index (χ2v) is 5.61. The molecule has 0 saturated heterocycles. The van der Waals surface area contributed by atoms with E-state index in [1.165, 1.54) is 0 Å². The Hall–Kier alpha value is -2.16. The number of carbonyl (C=O) groups is 1. The summed E-state index contributed by atoms with van der Waals surface area (Å²) in [6.07, 6.45) is 1.60. The van der Waals surface area contributed by atoms with Crippen molar-refractivity contribution in [2.45, 2.75) is 13.5 Å². The first-order valence-corrected chi connectivity index (χ1v) is 7.33. The number of aliphatic hydroxyl groups is 1. The Balaban J connectivity index is 2.03. The molecule has 0 radical (unpaired) electrons. The molecular weight excluding hydrogens is 284 g/mol. The van der Waals surface area contributed by atoms with Crippen molar-refractivity contribution in [3.63, 3.8) is 0 Å². The molecule has 0 unspecified atom stereocenters. The summed E-state index contributed by atoms with van der Waals surface area (Å²) in [4.78, 5) is 19.1. The smallest absolute Gasteiger partial charge is 0.255 e. The van der Waals surface area contributed by atoms with Crippen molar-refractivity contribution in [2.75, 3.05) is 13.7 Å². The number of thiophene rings is 1. The first-order chi connectivity index (χ1) is 10.1. The quantitative estimate of drug-likeness (QED) is 0.883. The van der Waals surface area contributed by atoms with E-state index in [9.17, 15) is 4.79 Å². The molecule has 0 aliphatic rings. The van der Waals surface area contributed by atoms with Gasteiger partial charge in [-0.25, -0.2) is 0 Å². The predicted molar refractivity (Wildman–Crippen MR) is 83.1 cm³/mol. The van der Waals surface area contributed by atoms with E-state index >= 15 is 0 Å². The zero-order valence-corrected chi connectivity index (χ0v) is 12.8. The van der Waals surface area contributed by atoms with Gasteiger partial charge in [-0.2, -0.15) is 0 Å². The van der Waals surface area contributed by atoms with Gasteiger partial charge in [0.15, 0.2) is 0 Å². The Labute approximate surface area is 128 Å². The Morgan fingerprint density at radius 3 is 2.95 bits per heavy atom. The molecule has 0 aliphatic carbocycles. The second-order valence-electron chi connectivity index (χ2n) is 4.61. The number of pyridine rings is 1. The van der Waals surface area contributed by atoms with Crippen molar-refractivity contribution in [3.05, 3.63) is 51.5 Å². The van der Waals surface area contributed by atoms with Crippen LogP contribution in [0.2, 0.25) is 0 Å². The van der Waals surface area contributed by atoms with Crippen LogP contribution in [0, 0.1) is 18.8 Å². The predicted octanol–water partition coefficient (Wildman–Crippen LogP) is 2.07. The first kappa shape index (κ1) is 15.2. The third-order valence-electron chi connectivity index (χ3n) is 2.86. The second kappa shape index (κ2) is 7.02. The zero-order chi connectivity index (χ0) is 15.2. The highest BCUT2D eigenvalue weighted by Crippen LogP contribution is 2.16. The normalized spacial score (nSPS) is 9.86. The standard InChI is InChI=1S/C16H16N2O2S/c1-12-5-6-14(9-17-12)16(20)18(2)10-15-8-13(11-21-15)4-3-7-19/h5-6,8-9,11,19H,7,10H2,1-2H3. The molecule has 2 aromatic rings. The highest BCUT2D eigenvalue weighted by atomic mass is 32.1. The summed E-state index contributed by atoms with van der Waals surface area (Å²) >= 11 is 1.55. The van der Waals surface area contributed by atoms with Gasteiger partial charge in [0.1, 0.15) is 6.61 Å². The average molecular weight is 300 g/mol. The number of aromatic nitrogens is 1. The lowest BCUT2D eigenvalue weighted by molar-refractivity contribution is 0.0786. The van der Waals surface area contributed by atoms with E-state index in [1.54, 1.807) is 35.5 Å². The van der Waals surface area contributed by atoms with Gasteiger partial charge in [0, 0.05) is 34.8 Å². The molecule has 0 fully saturated rings. The van der Waals surface area contributed by atoms with Gasteiger partial charge >= 0.3 is 0 Å². The van der Waals surface area contributed by atoms with Crippen molar-refractivity contribution in [1.82, 2.24) is 9.88 Å². The van der Waals surface area contributed by atoms with E-state index in [2.05, 4.69) is 16.8 Å². The fourth-order valence-electron chi connectivity index (χ4n) is 1.79. The zero-order valence-electron chi connectivity index (χ0n) is 12.0. The van der Waals surface area contributed by atoms with E-state index in [1.807, 2.05) is 24.4 Å². The Morgan fingerprint density at radius 2 is 2.29 bits per heavy atom. The molecule has 0 saturated carbocycles. The van der Waals surface area contributed by atoms with Crippen LogP contribution in [0.1, 0.15) is 26.5 Å². The van der Waals surface area contributed by atoms with Gasteiger partial charge in [0.2, 0.25) is 0 Å². The monoisotopic (exact) mass is 300 g/mol. The van der Waals surface area contributed by atoms with Crippen LogP contribution in [-0.2, 0) is 6.54 Å². The van der Waals surface area contributed by atoms with E-state index in [0.717, 1.165) is 16.1 Å². The van der Waals surface area contributed by atoms with Gasteiger partial charge in [-0.3, -0.25) is 9.78 Å². The molecule has 0 spiro atoms. The number of aryl methyl sites for hydroxylation is 1. The molecule has 2 rings (SSSR count). The topological polar surface area (TPSA) is 53.4 Å². The molecule has 2 aromatic heterocycles. The molecule has 1 N–H and O–H groups in total. The van der Waals surface area contributed by atoms with E-state index in [4.69, 9.17) is 5.11 Å². The fraction of sp³-hybridized carbons (Fsp3) is 0.250. The number of carbonyl (C=O) groups excluding carboxylic acids is 1. The molecule has 0 bridgehead atoms. The number of hydrogen-bond acceptors (Lipinski definition) is 4. The number of aliphatic hydroxyl groups excluding tert-OH is 1. The van der Waals surface area contributed by atoms with Crippen molar-refractivity contribution in [3.8, 4) is 11.8 Å². The maximum atomic E-state index is 12.3. The van der Waals surface area contributed by atoms with Gasteiger partial charge < -0.3 is 10.0 Å². The molecule has 21 heavy (non-hydrogen) atoms. The van der Waals surface area contributed by atoms with Crippen LogP contribution < -0.4 is 0 Å². The maximum absolute atomic E-state index is 12.3. The van der Waals surface area contributed by atoms with Gasteiger partial charge in [-0.15, -0.1) is 11.3 Å². The molecule has 0 aromatic carbocycles. The summed E-state index contributed by atoms with van der Waals surface area (Å²) in [5.74, 6) is 5.40. The van der Waals surface area contributed by atoms with Crippen molar-refractivity contribution in [1.29, 1.82) is 0 Å².